The third kappa shape index (κ3) is 5.78. The number of alkyl halides is 3. The van der Waals surface area contributed by atoms with Crippen LogP contribution in [0.25, 0.3) is 10.9 Å². The van der Waals surface area contributed by atoms with Crippen molar-refractivity contribution in [3.05, 3.63) is 30.1 Å². The van der Waals surface area contributed by atoms with E-state index in [0.717, 1.165) is 63.7 Å². The summed E-state index contributed by atoms with van der Waals surface area (Å²) < 4.78 is 39.2. The van der Waals surface area contributed by atoms with E-state index in [0.29, 0.717) is 17.5 Å². The van der Waals surface area contributed by atoms with Gasteiger partial charge in [0.25, 0.3) is 0 Å². The van der Waals surface area contributed by atoms with Gasteiger partial charge in [0.1, 0.15) is 12.1 Å². The fourth-order valence-corrected chi connectivity index (χ4v) is 5.10. The highest BCUT2D eigenvalue weighted by Crippen LogP contribution is 2.34. The van der Waals surface area contributed by atoms with Gasteiger partial charge in [-0.1, -0.05) is 13.3 Å². The van der Waals surface area contributed by atoms with Crippen LogP contribution in [-0.2, 0) is 11.0 Å². The predicted octanol–water partition coefficient (Wildman–Crippen LogP) is 3.58. The summed E-state index contributed by atoms with van der Waals surface area (Å²) >= 11 is 0. The Balaban J connectivity index is 1.23. The summed E-state index contributed by atoms with van der Waals surface area (Å²) in [5, 5.41) is 16.3. The minimum atomic E-state index is -4.47. The van der Waals surface area contributed by atoms with E-state index in [4.69, 9.17) is 0 Å². The molecule has 1 aliphatic carbocycles. The number of aliphatic hydroxyl groups is 1. The molecular weight excluding hydrogens is 447 g/mol. The van der Waals surface area contributed by atoms with Gasteiger partial charge in [0.15, 0.2) is 0 Å². The normalized spacial score (nSPS) is 22.9. The van der Waals surface area contributed by atoms with Crippen molar-refractivity contribution < 1.29 is 23.1 Å². The fourth-order valence-electron chi connectivity index (χ4n) is 5.10. The summed E-state index contributed by atoms with van der Waals surface area (Å²) in [4.78, 5) is 22.8. The van der Waals surface area contributed by atoms with Crippen molar-refractivity contribution in [2.45, 2.75) is 69.8 Å². The van der Waals surface area contributed by atoms with Gasteiger partial charge in [-0.3, -0.25) is 9.69 Å². The van der Waals surface area contributed by atoms with Crippen molar-refractivity contribution in [2.24, 2.45) is 5.92 Å². The molecule has 2 aromatic rings. The van der Waals surface area contributed by atoms with E-state index in [-0.39, 0.29) is 35.8 Å². The topological polar surface area (TPSA) is 90.4 Å². The molecule has 1 aliphatic heterocycles. The Labute approximate surface area is 197 Å². The fraction of sp³-hybridized carbons (Fsp3) is 0.625. The number of aromatic nitrogens is 2. The number of nitrogens with one attached hydrogen (secondary N) is 2. The molecule has 0 bridgehead atoms. The largest absolute Gasteiger partial charge is 0.416 e. The van der Waals surface area contributed by atoms with Crippen LogP contribution in [-0.4, -0.2) is 63.7 Å². The van der Waals surface area contributed by atoms with Gasteiger partial charge in [0, 0.05) is 24.5 Å². The number of carbonyl (C=O) groups is 1. The maximum Gasteiger partial charge on any atom is 0.416 e. The molecule has 7 nitrogen and oxygen atoms in total. The van der Waals surface area contributed by atoms with Crippen molar-refractivity contribution >= 4 is 22.6 Å². The predicted molar refractivity (Wildman–Crippen MR) is 123 cm³/mol. The molecule has 2 fully saturated rings. The van der Waals surface area contributed by atoms with E-state index in [9.17, 15) is 23.1 Å². The zero-order chi connectivity index (χ0) is 24.3. The number of fused-ring (bicyclic) bond motifs is 1. The summed E-state index contributed by atoms with van der Waals surface area (Å²) in [5.74, 6) is 0.377. The average Bonchev–Trinajstić information content (AvgIpc) is 2.79. The van der Waals surface area contributed by atoms with Gasteiger partial charge in [0.05, 0.1) is 29.8 Å². The second kappa shape index (κ2) is 10.4. The van der Waals surface area contributed by atoms with E-state index in [1.807, 2.05) is 0 Å². The number of hydrogen-bond acceptors (Lipinski definition) is 6. The van der Waals surface area contributed by atoms with Crippen LogP contribution >= 0.6 is 0 Å². The zero-order valence-corrected chi connectivity index (χ0v) is 19.3. The van der Waals surface area contributed by atoms with Gasteiger partial charge in [0.2, 0.25) is 5.91 Å². The van der Waals surface area contributed by atoms with Gasteiger partial charge in [-0.25, -0.2) is 9.97 Å². The van der Waals surface area contributed by atoms with E-state index < -0.39 is 11.7 Å². The standard InChI is InChI=1S/C24H32F3N5O2/c1-2-3-21(33)15-4-7-18(8-5-15)32-12-17(13-32)31-22(34)11-28-23-19-10-16(24(25,26)27)6-9-20(19)29-14-30-23/h6,9-10,14-15,17-18,21,33H,2-5,7-8,11-13H2,1H3,(H,31,34)(H,28,29,30)/t15-,18-,21?. The molecule has 3 N–H and O–H groups in total. The van der Waals surface area contributed by atoms with Crippen LogP contribution in [0.3, 0.4) is 0 Å². The van der Waals surface area contributed by atoms with Gasteiger partial charge >= 0.3 is 6.18 Å². The van der Waals surface area contributed by atoms with Crippen LogP contribution in [0, 0.1) is 5.92 Å². The number of hydrogen-bond donors (Lipinski definition) is 3. The molecule has 2 aliphatic rings. The summed E-state index contributed by atoms with van der Waals surface area (Å²) in [6.45, 7) is 3.60. The summed E-state index contributed by atoms with van der Waals surface area (Å²) in [7, 11) is 0. The van der Waals surface area contributed by atoms with Crippen LogP contribution in [0.15, 0.2) is 24.5 Å². The number of likely N-dealkylation sites (tertiary alicyclic amines) is 1. The highest BCUT2D eigenvalue weighted by molar-refractivity contribution is 5.91. The van der Waals surface area contributed by atoms with E-state index in [1.54, 1.807) is 0 Å². The molecule has 1 unspecified atom stereocenters. The summed E-state index contributed by atoms with van der Waals surface area (Å²) in [6, 6.07) is 3.85. The van der Waals surface area contributed by atoms with Crippen LogP contribution < -0.4 is 10.6 Å². The lowest BCUT2D eigenvalue weighted by molar-refractivity contribution is -0.137. The number of carbonyl (C=O) groups excluding carboxylic acids is 1. The number of aliphatic hydroxyl groups excluding tert-OH is 1. The molecule has 0 spiro atoms. The molecule has 10 heteroatoms. The Hall–Kier alpha value is -2.46. The summed E-state index contributed by atoms with van der Waals surface area (Å²) in [6.07, 6.45) is 2.73. The van der Waals surface area contributed by atoms with Crippen molar-refractivity contribution in [3.8, 4) is 0 Å². The highest BCUT2D eigenvalue weighted by Gasteiger charge is 2.36. The Morgan fingerprint density at radius 1 is 1.21 bits per heavy atom. The first-order valence-electron chi connectivity index (χ1n) is 12.0. The highest BCUT2D eigenvalue weighted by atomic mass is 19.4. The van der Waals surface area contributed by atoms with Gasteiger partial charge in [-0.05, 0) is 56.2 Å². The van der Waals surface area contributed by atoms with Gasteiger partial charge in [-0.15, -0.1) is 0 Å². The molecule has 1 saturated carbocycles. The smallest absolute Gasteiger partial charge is 0.393 e. The van der Waals surface area contributed by atoms with Gasteiger partial charge < -0.3 is 15.7 Å². The lowest BCUT2D eigenvalue weighted by Gasteiger charge is -2.47. The number of benzene rings is 1. The monoisotopic (exact) mass is 479 g/mol. The summed E-state index contributed by atoms with van der Waals surface area (Å²) in [5.41, 5.74) is -0.414. The van der Waals surface area contributed by atoms with E-state index in [2.05, 4.69) is 32.4 Å². The van der Waals surface area contributed by atoms with Crippen molar-refractivity contribution in [1.82, 2.24) is 20.2 Å². The first kappa shape index (κ1) is 24.7. The molecule has 34 heavy (non-hydrogen) atoms. The molecule has 1 aromatic heterocycles. The minimum Gasteiger partial charge on any atom is -0.393 e. The van der Waals surface area contributed by atoms with Gasteiger partial charge in [-0.2, -0.15) is 13.2 Å². The Bertz CT molecular complexity index is 988. The maximum absolute atomic E-state index is 13.1. The Morgan fingerprint density at radius 2 is 1.94 bits per heavy atom. The van der Waals surface area contributed by atoms with Crippen molar-refractivity contribution in [3.63, 3.8) is 0 Å². The molecule has 1 amide bonds. The van der Waals surface area contributed by atoms with Crippen LogP contribution in [0.4, 0.5) is 19.0 Å². The number of halogens is 3. The molecule has 1 atom stereocenters. The Morgan fingerprint density at radius 3 is 2.62 bits per heavy atom. The third-order valence-corrected chi connectivity index (χ3v) is 7.04. The first-order valence-corrected chi connectivity index (χ1v) is 12.0. The molecule has 0 radical (unpaired) electrons. The van der Waals surface area contributed by atoms with Crippen molar-refractivity contribution in [1.29, 1.82) is 0 Å². The average molecular weight is 480 g/mol. The second-order valence-corrected chi connectivity index (χ2v) is 9.45. The van der Waals surface area contributed by atoms with Crippen LogP contribution in [0.2, 0.25) is 0 Å². The van der Waals surface area contributed by atoms with E-state index in [1.165, 1.54) is 12.4 Å². The number of amides is 1. The molecular formula is C24H32F3N5O2. The quantitative estimate of drug-likeness (QED) is 0.536. The molecule has 186 valence electrons. The number of rotatable bonds is 8. The lowest BCUT2D eigenvalue weighted by Crippen LogP contribution is -2.63. The SMILES string of the molecule is CCCC(O)[C@H]1CC[C@H](N2CC(NC(=O)CNc3ncnc4ccc(C(F)(F)F)cc34)C2)CC1. The Kier molecular flexibility index (Phi) is 7.57. The first-order chi connectivity index (χ1) is 16.2. The lowest BCUT2D eigenvalue weighted by atomic mass is 9.80. The van der Waals surface area contributed by atoms with Crippen molar-refractivity contribution in [2.75, 3.05) is 25.0 Å². The molecule has 1 aromatic carbocycles. The minimum absolute atomic E-state index is 0.0664. The van der Waals surface area contributed by atoms with E-state index >= 15 is 0 Å². The molecule has 4 rings (SSSR count). The van der Waals surface area contributed by atoms with Crippen LogP contribution in [0.1, 0.15) is 51.0 Å². The second-order valence-electron chi connectivity index (χ2n) is 9.45. The number of anilines is 1. The maximum atomic E-state index is 13.1. The third-order valence-electron chi connectivity index (χ3n) is 7.04. The molecule has 1 saturated heterocycles. The number of nitrogens with zero attached hydrogens (tertiary/aromatic N) is 3. The molecule has 2 heterocycles. The zero-order valence-electron chi connectivity index (χ0n) is 19.3. The van der Waals surface area contributed by atoms with Crippen LogP contribution in [0.5, 0.6) is 0 Å².